The molecule has 2 heterocycles. The van der Waals surface area contributed by atoms with Crippen molar-refractivity contribution in [3.63, 3.8) is 0 Å². The maximum atomic E-state index is 10.9. The Bertz CT molecular complexity index is 5590. The van der Waals surface area contributed by atoms with E-state index in [1.807, 2.05) is 133 Å². The molecule has 140 heavy (non-hydrogen) atoms. The zero-order valence-electron chi connectivity index (χ0n) is 75.0. The molecular formula is C106H84Cu4N12O18. The molecule has 4 radical (unpaired) electrons. The van der Waals surface area contributed by atoms with Crippen LogP contribution in [0.1, 0.15) is 141 Å². The molecule has 0 aliphatic rings. The Balaban J connectivity index is 0.000000439. The Kier molecular flexibility index (Phi) is 53.7. The molecule has 2 aromatic heterocycles. The van der Waals surface area contributed by atoms with Crippen LogP contribution in [0, 0.1) is 0 Å². The van der Waals surface area contributed by atoms with E-state index in [-0.39, 0.29) is 125 Å². The number of benzene rings is 12. The fraction of sp³-hybridized carbons (Fsp3) is 0.0566. The molecule has 30 nitrogen and oxygen atoms in total. The molecule has 0 aliphatic heterocycles. The number of carbonyl (C=O) groups is 10. The minimum atomic E-state index is -1.25. The number of carbonyl (C=O) groups excluding carboxylic acids is 10. The second-order valence-corrected chi connectivity index (χ2v) is 28.3. The Morgan fingerprint density at radius 1 is 0.200 bits per heavy atom. The van der Waals surface area contributed by atoms with Gasteiger partial charge in [0.25, 0.3) is 0 Å². The molecule has 0 bridgehead atoms. The van der Waals surface area contributed by atoms with Gasteiger partial charge >= 0.3 is 68.3 Å². The van der Waals surface area contributed by atoms with E-state index >= 15 is 0 Å². The summed E-state index contributed by atoms with van der Waals surface area (Å²) in [6.45, 7) is 3.06. The van der Waals surface area contributed by atoms with Crippen molar-refractivity contribution in [2.24, 2.45) is 39.9 Å². The van der Waals surface area contributed by atoms with Crippen LogP contribution in [0.4, 0.5) is 45.5 Å². The van der Waals surface area contributed by atoms with Crippen molar-refractivity contribution in [1.29, 1.82) is 0 Å². The molecule has 0 saturated carbocycles. The van der Waals surface area contributed by atoms with Crippen molar-refractivity contribution in [2.45, 2.75) is 13.8 Å². The number of rotatable bonds is 24. The van der Waals surface area contributed by atoms with E-state index in [1.54, 1.807) is 200 Å². The van der Waals surface area contributed by atoms with Gasteiger partial charge in [0.05, 0.1) is 93.3 Å². The van der Waals surface area contributed by atoms with Crippen LogP contribution in [0.15, 0.2) is 392 Å². The fourth-order valence-corrected chi connectivity index (χ4v) is 10.4. The SMILES string of the molecule is CC(=O)N(C)C.CC(=O)N(C)C.O=C([O-])c1cccc(N=Cc2cccc(C=Nc3cccc(C(=O)[O-])c3)c2)c1.O=C([O-])c1cccc(N=Cc2cccc(C=Nc3cccc(C(=O)[O-])c3)c2)c1.O=C([O-])c1cccc(N=Cc2cccc(C=Nc3cccc(C(=O)[O-])c3)c2)c1.O=C([O-])c1cccc(N=Cc2cccc(C=Nc3cccc(C(=O)[O-])c3)c2)c1.[Cu+2].[Cu+2].[Cu+2].[Cu+2].c1ccncc1.c1ccncc1. The third-order valence-corrected chi connectivity index (χ3v) is 17.6. The van der Waals surface area contributed by atoms with Gasteiger partial charge < -0.3 is 89.0 Å². The van der Waals surface area contributed by atoms with Crippen LogP contribution in [-0.2, 0) is 77.9 Å². The van der Waals surface area contributed by atoms with Gasteiger partial charge in [-0.25, -0.2) is 0 Å². The topological polar surface area (TPSA) is 486 Å². The van der Waals surface area contributed by atoms with Gasteiger partial charge in [-0.1, -0.05) is 182 Å². The van der Waals surface area contributed by atoms with Gasteiger partial charge in [0, 0.05) is 117 Å². The van der Waals surface area contributed by atoms with Crippen molar-refractivity contribution < 1.29 is 157 Å². The number of aromatic nitrogens is 2. The van der Waals surface area contributed by atoms with Gasteiger partial charge in [0.2, 0.25) is 11.8 Å². The van der Waals surface area contributed by atoms with Gasteiger partial charge in [-0.3, -0.25) is 59.5 Å². The molecule has 34 heteroatoms. The van der Waals surface area contributed by atoms with E-state index < -0.39 is 47.8 Å². The normalized spacial score (nSPS) is 10.3. The number of aromatic carboxylic acids is 8. The van der Waals surface area contributed by atoms with E-state index in [4.69, 9.17) is 0 Å². The molecule has 0 N–H and O–H groups in total. The first kappa shape index (κ1) is 117. The predicted octanol–water partition coefficient (Wildman–Crippen LogP) is 10.0. The molecule has 720 valence electrons. The third-order valence-electron chi connectivity index (χ3n) is 17.6. The molecule has 0 spiro atoms. The van der Waals surface area contributed by atoms with Crippen molar-refractivity contribution >= 4 is 155 Å². The summed E-state index contributed by atoms with van der Waals surface area (Å²) in [5.41, 5.74) is 10.9. The summed E-state index contributed by atoms with van der Waals surface area (Å²) in [4.78, 5) is 152. The van der Waals surface area contributed by atoms with E-state index in [0.717, 1.165) is 44.5 Å². The van der Waals surface area contributed by atoms with Crippen molar-refractivity contribution in [2.75, 3.05) is 28.2 Å². The predicted molar refractivity (Wildman–Crippen MR) is 507 cm³/mol. The van der Waals surface area contributed by atoms with Gasteiger partial charge in [0.15, 0.2) is 0 Å². The molecule has 0 aliphatic carbocycles. The quantitative estimate of drug-likeness (QED) is 0.0401. The first-order chi connectivity index (χ1) is 65.3. The largest absolute Gasteiger partial charge is 2.00 e. The summed E-state index contributed by atoms with van der Waals surface area (Å²) < 4.78 is 0. The van der Waals surface area contributed by atoms with Gasteiger partial charge in [-0.2, -0.15) is 0 Å². The van der Waals surface area contributed by atoms with E-state index in [1.165, 1.54) is 121 Å². The maximum absolute atomic E-state index is 10.9. The van der Waals surface area contributed by atoms with E-state index in [2.05, 4.69) is 49.9 Å². The number of carboxylic acids is 8. The van der Waals surface area contributed by atoms with Gasteiger partial charge in [-0.05, 0) is 235 Å². The second-order valence-electron chi connectivity index (χ2n) is 28.3. The number of aliphatic imine (C=N–C) groups is 8. The fourth-order valence-electron chi connectivity index (χ4n) is 10.4. The minimum Gasteiger partial charge on any atom is -0.545 e. The van der Waals surface area contributed by atoms with Crippen molar-refractivity contribution in [3.8, 4) is 0 Å². The molecular weight excluding hydrogens is 1980 g/mol. The van der Waals surface area contributed by atoms with Crippen LogP contribution in [0.3, 0.4) is 0 Å². The molecule has 14 aromatic rings. The smallest absolute Gasteiger partial charge is 0.545 e. The Labute approximate surface area is 848 Å². The maximum Gasteiger partial charge on any atom is 2.00 e. The summed E-state index contributed by atoms with van der Waals surface area (Å²) in [5, 5.41) is 87.2. The van der Waals surface area contributed by atoms with Crippen molar-refractivity contribution in [3.05, 3.63) is 441 Å². The Hall–Kier alpha value is -16.9. The number of carboxylic acid groups (broad SMARTS) is 8. The molecule has 0 saturated heterocycles. The van der Waals surface area contributed by atoms with Gasteiger partial charge in [-0.15, -0.1) is 0 Å². The molecule has 0 fully saturated rings. The van der Waals surface area contributed by atoms with Crippen LogP contribution in [0.25, 0.3) is 0 Å². The zero-order valence-corrected chi connectivity index (χ0v) is 78.8. The van der Waals surface area contributed by atoms with Crippen LogP contribution in [0.2, 0.25) is 0 Å². The van der Waals surface area contributed by atoms with Crippen LogP contribution < -0.4 is 40.9 Å². The second kappa shape index (κ2) is 64.1. The monoisotopic (exact) mass is 2060 g/mol. The molecule has 2 amide bonds. The summed E-state index contributed by atoms with van der Waals surface area (Å²) in [6.07, 6.45) is 19.9. The average molecular weight is 2070 g/mol. The van der Waals surface area contributed by atoms with E-state index in [0.29, 0.717) is 45.5 Å². The van der Waals surface area contributed by atoms with E-state index in [9.17, 15) is 88.8 Å². The summed E-state index contributed by atoms with van der Waals surface area (Å²) in [7, 11) is 6.90. The summed E-state index contributed by atoms with van der Waals surface area (Å²) >= 11 is 0. The number of hydrogen-bond donors (Lipinski definition) is 0. The molecule has 0 unspecified atom stereocenters. The Morgan fingerprint density at radius 3 is 0.414 bits per heavy atom. The first-order valence-electron chi connectivity index (χ1n) is 40.6. The number of amides is 2. The van der Waals surface area contributed by atoms with Crippen LogP contribution >= 0.6 is 0 Å². The average Bonchev–Trinajstić information content (AvgIpc) is 0.897. The number of hydrogen-bond acceptors (Lipinski definition) is 28. The van der Waals surface area contributed by atoms with Crippen LogP contribution in [-0.4, -0.2) is 157 Å². The minimum absolute atomic E-state index is 0. The third kappa shape index (κ3) is 45.9. The van der Waals surface area contributed by atoms with Gasteiger partial charge in [0.1, 0.15) is 0 Å². The standard InChI is InChI=1S/4C22H16N2O4.2C5H5N.2C4H9NO.4Cu/c4*25-21(26)17-6-2-8-19(11-17)23-13-15-4-1-5-16(10-15)14-24-20-9-3-7-18(12-20)22(27)28;2*1-2-4-6-5-3-1;2*1-4(6)5(2)3;;;;/h4*1-14H,(H,25,26)(H,27,28);2*1-5H;2*1-3H3;;;;/q;;;;;;;;4*+2/p-8. The first-order valence-corrected chi connectivity index (χ1v) is 40.6. The number of nitrogens with zero attached hydrogens (tertiary/aromatic N) is 12. The summed E-state index contributed by atoms with van der Waals surface area (Å²) in [5.74, 6) is -9.83. The van der Waals surface area contributed by atoms with Crippen molar-refractivity contribution in [1.82, 2.24) is 19.8 Å². The number of pyridine rings is 2. The van der Waals surface area contributed by atoms with Crippen LogP contribution in [0.5, 0.6) is 0 Å². The molecule has 14 rings (SSSR count). The Morgan fingerprint density at radius 2 is 0.321 bits per heavy atom. The molecule has 0 atom stereocenters. The molecule has 12 aromatic carbocycles. The zero-order chi connectivity index (χ0) is 98.5. The summed E-state index contributed by atoms with van der Waals surface area (Å²) in [6, 6.07) is 90.3.